The third kappa shape index (κ3) is 2.90. The third-order valence-corrected chi connectivity index (χ3v) is 6.65. The number of rotatable bonds is 4. The predicted molar refractivity (Wildman–Crippen MR) is 115 cm³/mol. The number of likely N-dealkylation sites (tertiary alicyclic amines) is 1. The number of piperidine rings is 1. The van der Waals surface area contributed by atoms with Crippen molar-refractivity contribution < 1.29 is 9.21 Å². The van der Waals surface area contributed by atoms with Crippen molar-refractivity contribution in [3.63, 3.8) is 0 Å². The molecule has 156 valence electrons. The minimum absolute atomic E-state index is 0.0111. The Morgan fingerprint density at radius 3 is 2.65 bits per heavy atom. The lowest BCUT2D eigenvalue weighted by atomic mass is 9.97. The first-order valence-corrected chi connectivity index (χ1v) is 10.6. The lowest BCUT2D eigenvalue weighted by Crippen LogP contribution is -2.51. The largest absolute Gasteiger partial charge is 0.424 e. The number of hydrogen-bond donors (Lipinski definition) is 1. The van der Waals surface area contributed by atoms with Crippen LogP contribution in [0.5, 0.6) is 0 Å². The Morgan fingerprint density at radius 1 is 1.06 bits per heavy atom. The molecule has 1 aliphatic heterocycles. The van der Waals surface area contributed by atoms with Crippen LogP contribution in [0.25, 0.3) is 16.8 Å². The van der Waals surface area contributed by atoms with Crippen LogP contribution < -0.4 is 5.32 Å². The number of para-hydroxylation sites is 3. The van der Waals surface area contributed by atoms with Crippen LogP contribution in [0.3, 0.4) is 0 Å². The molecule has 1 saturated heterocycles. The number of fused-ring (bicyclic) bond motifs is 3. The lowest BCUT2D eigenvalue weighted by Gasteiger charge is -2.38. The highest BCUT2D eigenvalue weighted by molar-refractivity contribution is 5.98. The first kappa shape index (κ1) is 18.1. The van der Waals surface area contributed by atoms with E-state index >= 15 is 0 Å². The minimum Gasteiger partial charge on any atom is -0.424 e. The monoisotopic (exact) mass is 414 g/mol. The van der Waals surface area contributed by atoms with Crippen LogP contribution in [0.1, 0.15) is 30.1 Å². The Kier molecular flexibility index (Phi) is 4.05. The van der Waals surface area contributed by atoms with Gasteiger partial charge in [0.05, 0.1) is 35.7 Å². The zero-order chi connectivity index (χ0) is 20.9. The third-order valence-electron chi connectivity index (χ3n) is 6.65. The molecule has 2 aromatic carbocycles. The Morgan fingerprint density at radius 2 is 1.84 bits per heavy atom. The molecule has 2 fully saturated rings. The number of benzene rings is 2. The Bertz CT molecular complexity index is 1220. The molecule has 1 aliphatic carbocycles. The lowest BCUT2D eigenvalue weighted by molar-refractivity contribution is 0.0597. The second kappa shape index (κ2) is 6.94. The van der Waals surface area contributed by atoms with Crippen molar-refractivity contribution in [2.24, 2.45) is 5.92 Å². The quantitative estimate of drug-likeness (QED) is 0.550. The van der Waals surface area contributed by atoms with Crippen LogP contribution in [0.4, 0.5) is 6.01 Å². The van der Waals surface area contributed by atoms with Crippen molar-refractivity contribution in [2.45, 2.75) is 37.9 Å². The Hall–Kier alpha value is -3.68. The SMILES string of the molecule is CC1C2CC(Nc3nc4ccccc4o3)C(C2)N1C(=O)c1ccccc1-n1nccn1. The highest BCUT2D eigenvalue weighted by atomic mass is 16.4. The van der Waals surface area contributed by atoms with Crippen LogP contribution in [0.2, 0.25) is 0 Å². The molecule has 31 heavy (non-hydrogen) atoms. The number of oxazole rings is 1. The number of anilines is 1. The summed E-state index contributed by atoms with van der Waals surface area (Å²) in [6.45, 7) is 2.15. The van der Waals surface area contributed by atoms with Gasteiger partial charge in [-0.25, -0.2) is 0 Å². The number of nitrogens with one attached hydrogen (secondary N) is 1. The summed E-state index contributed by atoms with van der Waals surface area (Å²) in [6, 6.07) is 16.1. The smallest absolute Gasteiger partial charge is 0.295 e. The van der Waals surface area contributed by atoms with E-state index < -0.39 is 0 Å². The molecule has 8 heteroatoms. The molecule has 4 aromatic rings. The van der Waals surface area contributed by atoms with Crippen molar-refractivity contribution in [2.75, 3.05) is 5.32 Å². The zero-order valence-electron chi connectivity index (χ0n) is 17.0. The van der Waals surface area contributed by atoms with Crippen molar-refractivity contribution in [3.05, 3.63) is 66.5 Å². The summed E-state index contributed by atoms with van der Waals surface area (Å²) in [7, 11) is 0. The van der Waals surface area contributed by atoms with E-state index in [0.29, 0.717) is 23.2 Å². The summed E-state index contributed by atoms with van der Waals surface area (Å²) in [5.74, 6) is 0.461. The standard InChI is InChI=1S/C23H22N6O2/c1-14-15-12-18(27-23-26-17-7-3-5-9-21(17)31-23)20(13-15)28(14)22(30)16-6-2-4-8-19(16)29-24-10-11-25-29/h2-11,14-15,18,20H,12-13H2,1H3,(H,26,27). The number of carbonyl (C=O) groups excluding carboxylic acids is 1. The van der Waals surface area contributed by atoms with Gasteiger partial charge in [-0.2, -0.15) is 20.0 Å². The van der Waals surface area contributed by atoms with E-state index in [0.717, 1.165) is 23.9 Å². The molecule has 1 N–H and O–H groups in total. The van der Waals surface area contributed by atoms with Gasteiger partial charge < -0.3 is 14.6 Å². The topological polar surface area (TPSA) is 89.1 Å². The van der Waals surface area contributed by atoms with Gasteiger partial charge >= 0.3 is 0 Å². The summed E-state index contributed by atoms with van der Waals surface area (Å²) in [5.41, 5.74) is 2.89. The number of hydrogen-bond acceptors (Lipinski definition) is 6. The summed E-state index contributed by atoms with van der Waals surface area (Å²) in [4.78, 5) is 21.8. The van der Waals surface area contributed by atoms with Gasteiger partial charge in [0.15, 0.2) is 5.58 Å². The summed E-state index contributed by atoms with van der Waals surface area (Å²) < 4.78 is 5.87. The summed E-state index contributed by atoms with van der Waals surface area (Å²) in [5, 5.41) is 11.9. The van der Waals surface area contributed by atoms with Crippen molar-refractivity contribution in [1.82, 2.24) is 24.9 Å². The number of carbonyl (C=O) groups is 1. The molecule has 2 aromatic heterocycles. The maximum Gasteiger partial charge on any atom is 0.295 e. The average molecular weight is 414 g/mol. The van der Waals surface area contributed by atoms with Crippen molar-refractivity contribution in [1.29, 1.82) is 0 Å². The minimum atomic E-state index is 0.0111. The molecule has 1 saturated carbocycles. The van der Waals surface area contributed by atoms with E-state index in [4.69, 9.17) is 4.42 Å². The zero-order valence-corrected chi connectivity index (χ0v) is 17.0. The number of aromatic nitrogens is 4. The maximum absolute atomic E-state index is 13.7. The van der Waals surface area contributed by atoms with Crippen molar-refractivity contribution in [3.8, 4) is 5.69 Å². The Balaban J connectivity index is 1.29. The van der Waals surface area contributed by atoms with Gasteiger partial charge in [0, 0.05) is 6.04 Å². The van der Waals surface area contributed by atoms with E-state index in [1.165, 1.54) is 4.80 Å². The normalized spacial score (nSPS) is 24.7. The van der Waals surface area contributed by atoms with Gasteiger partial charge in [-0.1, -0.05) is 24.3 Å². The molecule has 4 atom stereocenters. The highest BCUT2D eigenvalue weighted by Gasteiger charge is 2.52. The molecule has 2 aliphatic rings. The average Bonchev–Trinajstić information content (AvgIpc) is 3.57. The van der Waals surface area contributed by atoms with Crippen LogP contribution in [-0.4, -0.2) is 48.9 Å². The molecule has 0 radical (unpaired) electrons. The fourth-order valence-electron chi connectivity index (χ4n) is 5.18. The summed E-state index contributed by atoms with van der Waals surface area (Å²) in [6.07, 6.45) is 5.20. The molecule has 6 rings (SSSR count). The van der Waals surface area contributed by atoms with Crippen LogP contribution in [0.15, 0.2) is 65.3 Å². The maximum atomic E-state index is 13.7. The van der Waals surface area contributed by atoms with Crippen LogP contribution >= 0.6 is 0 Å². The molecule has 2 bridgehead atoms. The highest BCUT2D eigenvalue weighted by Crippen LogP contribution is 2.44. The fourth-order valence-corrected chi connectivity index (χ4v) is 5.18. The number of amides is 1. The molecule has 0 spiro atoms. The van der Waals surface area contributed by atoms with Gasteiger partial charge in [-0.05, 0) is 49.9 Å². The second-order valence-corrected chi connectivity index (χ2v) is 8.33. The Labute approximate surface area is 178 Å². The van der Waals surface area contributed by atoms with Gasteiger partial charge in [0.1, 0.15) is 5.52 Å². The molecular formula is C23H22N6O2. The van der Waals surface area contributed by atoms with Gasteiger partial charge in [-0.3, -0.25) is 4.79 Å². The van der Waals surface area contributed by atoms with Crippen LogP contribution in [-0.2, 0) is 0 Å². The molecule has 1 amide bonds. The number of nitrogens with zero attached hydrogens (tertiary/aromatic N) is 5. The second-order valence-electron chi connectivity index (χ2n) is 8.33. The molecular weight excluding hydrogens is 392 g/mol. The van der Waals surface area contributed by atoms with E-state index in [1.807, 2.05) is 53.4 Å². The van der Waals surface area contributed by atoms with Crippen molar-refractivity contribution >= 4 is 23.0 Å². The fraction of sp³-hybridized carbons (Fsp3) is 0.304. The van der Waals surface area contributed by atoms with E-state index in [1.54, 1.807) is 12.4 Å². The molecule has 4 unspecified atom stereocenters. The first-order valence-electron chi connectivity index (χ1n) is 10.6. The van der Waals surface area contributed by atoms with E-state index in [2.05, 4.69) is 27.4 Å². The summed E-state index contributed by atoms with van der Waals surface area (Å²) >= 11 is 0. The van der Waals surface area contributed by atoms with Gasteiger partial charge in [-0.15, -0.1) is 0 Å². The van der Waals surface area contributed by atoms with E-state index in [-0.39, 0.29) is 24.0 Å². The molecule has 3 heterocycles. The predicted octanol–water partition coefficient (Wildman–Crippen LogP) is 3.51. The van der Waals surface area contributed by atoms with Crippen LogP contribution in [0, 0.1) is 5.92 Å². The molecule has 8 nitrogen and oxygen atoms in total. The van der Waals surface area contributed by atoms with Gasteiger partial charge in [0.25, 0.3) is 11.9 Å². The van der Waals surface area contributed by atoms with Gasteiger partial charge in [0.2, 0.25) is 0 Å². The van der Waals surface area contributed by atoms with E-state index in [9.17, 15) is 4.79 Å². The first-order chi connectivity index (χ1) is 15.2.